The van der Waals surface area contributed by atoms with Gasteiger partial charge < -0.3 is 14.9 Å². The molecule has 0 saturated carbocycles. The molecule has 0 aromatic carbocycles. The maximum atomic E-state index is 10.6. The molecule has 0 spiro atoms. The molecule has 0 fully saturated rings. The Bertz CT molecular complexity index is 531. The van der Waals surface area contributed by atoms with Crippen LogP contribution in [0.1, 0.15) is 0 Å². The highest BCUT2D eigenvalue weighted by atomic mass is 32.2. The van der Waals surface area contributed by atoms with Crippen LogP contribution in [-0.4, -0.2) is 40.8 Å². The van der Waals surface area contributed by atoms with Gasteiger partial charge in [-0.15, -0.1) is 0 Å². The maximum absolute atomic E-state index is 10.6. The molecule has 1 heterocycles. The number of anilines is 1. The quantitative estimate of drug-likeness (QED) is 0.541. The molecule has 0 amide bonds. The Labute approximate surface area is 95.9 Å². The number of nitrogens with zero attached hydrogens (tertiary/aromatic N) is 2. The highest BCUT2D eigenvalue weighted by Gasteiger charge is 2.11. The van der Waals surface area contributed by atoms with Crippen LogP contribution in [-0.2, 0) is 10.1 Å². The molecule has 0 aliphatic rings. The van der Waals surface area contributed by atoms with Gasteiger partial charge in [0, 0.05) is 7.05 Å². The lowest BCUT2D eigenvalue weighted by Gasteiger charge is -2.14. The predicted molar refractivity (Wildman–Crippen MR) is 59.4 cm³/mol. The van der Waals surface area contributed by atoms with Gasteiger partial charge in [0.2, 0.25) is 10.7 Å². The van der Waals surface area contributed by atoms with Crippen LogP contribution in [0.3, 0.4) is 0 Å². The smallest absolute Gasteiger partial charge is 0.283 e. The molecular formula is C5H8N4O3S3. The highest BCUT2D eigenvalue weighted by Crippen LogP contribution is 2.03. The summed E-state index contributed by atoms with van der Waals surface area (Å²) in [5.41, 5.74) is 0. The summed E-state index contributed by atoms with van der Waals surface area (Å²) in [7, 11) is -2.68. The highest BCUT2D eigenvalue weighted by molar-refractivity contribution is 7.85. The molecule has 1 aromatic heterocycles. The SMILES string of the molecule is CN(CS(=O)(=O)O)c1nc(=S)[nH]c(=S)[nH]1. The molecule has 0 unspecified atom stereocenters. The largest absolute Gasteiger partial charge is 0.329 e. The minimum Gasteiger partial charge on any atom is -0.329 e. The van der Waals surface area contributed by atoms with Gasteiger partial charge in [-0.25, -0.2) is 0 Å². The van der Waals surface area contributed by atoms with Crippen molar-refractivity contribution in [3.05, 3.63) is 9.54 Å². The van der Waals surface area contributed by atoms with E-state index in [1.807, 2.05) is 0 Å². The van der Waals surface area contributed by atoms with Crippen molar-refractivity contribution in [3.8, 4) is 0 Å². The number of hydrogen-bond acceptors (Lipinski definition) is 6. The molecule has 7 nitrogen and oxygen atoms in total. The van der Waals surface area contributed by atoms with Gasteiger partial charge in [-0.05, 0) is 24.4 Å². The Morgan fingerprint density at radius 2 is 2.07 bits per heavy atom. The minimum absolute atomic E-state index is 0.135. The van der Waals surface area contributed by atoms with E-state index in [-0.39, 0.29) is 15.5 Å². The van der Waals surface area contributed by atoms with Gasteiger partial charge in [0.15, 0.2) is 4.77 Å². The van der Waals surface area contributed by atoms with Gasteiger partial charge in [0.25, 0.3) is 10.1 Å². The number of rotatable bonds is 3. The Balaban J connectivity index is 3.07. The van der Waals surface area contributed by atoms with E-state index in [0.717, 1.165) is 0 Å². The summed E-state index contributed by atoms with van der Waals surface area (Å²) in [4.78, 5) is 10.1. The number of nitrogens with one attached hydrogen (secondary N) is 2. The van der Waals surface area contributed by atoms with E-state index < -0.39 is 16.0 Å². The average Bonchev–Trinajstić information content (AvgIpc) is 1.98. The van der Waals surface area contributed by atoms with Crippen molar-refractivity contribution in [1.82, 2.24) is 15.0 Å². The first-order valence-electron chi connectivity index (χ1n) is 3.65. The lowest BCUT2D eigenvalue weighted by molar-refractivity contribution is 0.482. The zero-order valence-corrected chi connectivity index (χ0v) is 10.0. The van der Waals surface area contributed by atoms with Gasteiger partial charge in [-0.1, -0.05) is 0 Å². The zero-order chi connectivity index (χ0) is 11.6. The van der Waals surface area contributed by atoms with Crippen molar-refractivity contribution in [3.63, 3.8) is 0 Å². The van der Waals surface area contributed by atoms with Crippen LogP contribution < -0.4 is 4.90 Å². The molecule has 0 atom stereocenters. The summed E-state index contributed by atoms with van der Waals surface area (Å²) >= 11 is 9.55. The second-order valence-corrected chi connectivity index (χ2v) is 4.95. The van der Waals surface area contributed by atoms with E-state index in [0.29, 0.717) is 0 Å². The number of aromatic amines is 2. The number of hydrogen-bond donors (Lipinski definition) is 3. The van der Waals surface area contributed by atoms with Crippen LogP contribution in [0.25, 0.3) is 0 Å². The first-order chi connectivity index (χ1) is 6.78. The van der Waals surface area contributed by atoms with Crippen molar-refractivity contribution in [2.45, 2.75) is 0 Å². The average molecular weight is 268 g/mol. The molecule has 0 aliphatic heterocycles. The molecule has 0 aliphatic carbocycles. The first kappa shape index (κ1) is 12.2. The van der Waals surface area contributed by atoms with Crippen LogP contribution in [0.2, 0.25) is 0 Å². The fourth-order valence-electron chi connectivity index (χ4n) is 0.869. The molecule has 0 bridgehead atoms. The monoisotopic (exact) mass is 268 g/mol. The van der Waals surface area contributed by atoms with Crippen LogP contribution in [0.5, 0.6) is 0 Å². The minimum atomic E-state index is -4.11. The van der Waals surface area contributed by atoms with E-state index in [9.17, 15) is 8.42 Å². The van der Waals surface area contributed by atoms with Crippen molar-refractivity contribution in [2.75, 3.05) is 17.8 Å². The molecule has 15 heavy (non-hydrogen) atoms. The summed E-state index contributed by atoms with van der Waals surface area (Å²) in [6.45, 7) is 0. The molecule has 3 N–H and O–H groups in total. The summed E-state index contributed by atoms with van der Waals surface area (Å²) < 4.78 is 30.2. The van der Waals surface area contributed by atoms with Gasteiger partial charge in [-0.3, -0.25) is 4.55 Å². The van der Waals surface area contributed by atoms with Crippen molar-refractivity contribution >= 4 is 40.5 Å². The molecule has 0 radical (unpaired) electrons. The summed E-state index contributed by atoms with van der Waals surface area (Å²) in [5.74, 6) is -0.425. The van der Waals surface area contributed by atoms with E-state index >= 15 is 0 Å². The lowest BCUT2D eigenvalue weighted by Crippen LogP contribution is -2.27. The molecule has 0 saturated heterocycles. The van der Waals surface area contributed by atoms with Gasteiger partial charge in [-0.2, -0.15) is 13.4 Å². The molecule has 84 valence electrons. The molecule has 1 aromatic rings. The van der Waals surface area contributed by atoms with E-state index in [2.05, 4.69) is 15.0 Å². The van der Waals surface area contributed by atoms with Crippen molar-refractivity contribution in [2.24, 2.45) is 0 Å². The maximum Gasteiger partial charge on any atom is 0.283 e. The van der Waals surface area contributed by atoms with E-state index in [4.69, 9.17) is 29.0 Å². The Hall–Kier alpha value is -0.840. The Kier molecular flexibility index (Phi) is 3.54. The van der Waals surface area contributed by atoms with Crippen LogP contribution >= 0.6 is 24.4 Å². The third-order valence-electron chi connectivity index (χ3n) is 1.37. The number of H-pyrrole nitrogens is 2. The van der Waals surface area contributed by atoms with Crippen molar-refractivity contribution < 1.29 is 13.0 Å². The first-order valence-corrected chi connectivity index (χ1v) is 6.07. The van der Waals surface area contributed by atoms with Crippen LogP contribution in [0.4, 0.5) is 5.95 Å². The Morgan fingerprint density at radius 3 is 2.53 bits per heavy atom. The predicted octanol–water partition coefficient (Wildman–Crippen LogP) is 0.478. The Morgan fingerprint density at radius 1 is 1.47 bits per heavy atom. The molecule has 1 rings (SSSR count). The summed E-state index contributed by atoms with van der Waals surface area (Å²) in [6.07, 6.45) is 0. The van der Waals surface area contributed by atoms with Gasteiger partial charge in [0.05, 0.1) is 0 Å². The van der Waals surface area contributed by atoms with Crippen molar-refractivity contribution in [1.29, 1.82) is 0 Å². The summed E-state index contributed by atoms with van der Waals surface area (Å²) in [6, 6.07) is 0. The second-order valence-electron chi connectivity index (χ2n) is 2.73. The van der Waals surface area contributed by atoms with Crippen LogP contribution in [0, 0.1) is 9.54 Å². The number of aromatic nitrogens is 3. The van der Waals surface area contributed by atoms with Crippen LogP contribution in [0.15, 0.2) is 0 Å². The zero-order valence-electron chi connectivity index (χ0n) is 7.59. The summed E-state index contributed by atoms with van der Waals surface area (Å²) in [5, 5.41) is 0. The standard InChI is InChI=1S/C5H8N4O3S3/c1-9(2-15(10,11)12)3-6-4(13)8-5(14)7-3/h2H2,1H3,(H,10,11,12)(H2,6,7,8,13,14). The third kappa shape index (κ3) is 4.03. The fourth-order valence-corrected chi connectivity index (χ4v) is 1.92. The van der Waals surface area contributed by atoms with Gasteiger partial charge in [0.1, 0.15) is 5.88 Å². The molecular weight excluding hydrogens is 260 g/mol. The molecule has 10 heteroatoms. The lowest BCUT2D eigenvalue weighted by atomic mass is 10.8. The second kappa shape index (κ2) is 4.35. The van der Waals surface area contributed by atoms with E-state index in [1.54, 1.807) is 0 Å². The third-order valence-corrected chi connectivity index (χ3v) is 2.48. The van der Waals surface area contributed by atoms with E-state index in [1.165, 1.54) is 11.9 Å². The topological polar surface area (TPSA) is 102 Å². The normalized spacial score (nSPS) is 11.3. The van der Waals surface area contributed by atoms with Gasteiger partial charge >= 0.3 is 0 Å². The fraction of sp³-hybridized carbons (Fsp3) is 0.400.